The highest BCUT2D eigenvalue weighted by Crippen LogP contribution is 2.25. The second kappa shape index (κ2) is 10.6. The van der Waals surface area contributed by atoms with E-state index in [1.807, 2.05) is 6.07 Å². The van der Waals surface area contributed by atoms with Crippen LogP contribution < -0.4 is 5.32 Å². The Bertz CT molecular complexity index is 1010. The van der Waals surface area contributed by atoms with E-state index in [1.54, 1.807) is 0 Å². The molecule has 2 atom stereocenters. The van der Waals surface area contributed by atoms with Gasteiger partial charge >= 0.3 is 0 Å². The molecule has 1 fully saturated rings. The predicted molar refractivity (Wildman–Crippen MR) is 123 cm³/mol. The van der Waals surface area contributed by atoms with Gasteiger partial charge in [0, 0.05) is 25.7 Å². The smallest absolute Gasteiger partial charge is 0.273 e. The Morgan fingerprint density at radius 2 is 1.94 bits per heavy atom. The Labute approximate surface area is 189 Å². The van der Waals surface area contributed by atoms with E-state index in [0.717, 1.165) is 26.0 Å². The van der Waals surface area contributed by atoms with Crippen molar-refractivity contribution < 1.29 is 13.9 Å². The summed E-state index contributed by atoms with van der Waals surface area (Å²) in [5.74, 6) is 0.306. The Morgan fingerprint density at radius 3 is 2.69 bits per heavy atom. The number of carbonyl (C=O) groups is 1. The highest BCUT2D eigenvalue weighted by atomic mass is 16.5. The van der Waals surface area contributed by atoms with Gasteiger partial charge in [0.25, 0.3) is 5.91 Å². The monoisotopic (exact) mass is 433 g/mol. The van der Waals surface area contributed by atoms with E-state index in [-0.39, 0.29) is 18.1 Å². The molecule has 1 aliphatic heterocycles. The number of oxazole rings is 1. The summed E-state index contributed by atoms with van der Waals surface area (Å²) in [4.78, 5) is 19.3. The van der Waals surface area contributed by atoms with Gasteiger partial charge in [0.05, 0.1) is 12.6 Å². The Morgan fingerprint density at radius 1 is 1.16 bits per heavy atom. The molecule has 0 aliphatic carbocycles. The summed E-state index contributed by atoms with van der Waals surface area (Å²) in [5.41, 5.74) is 4.04. The minimum atomic E-state index is -0.225. The molecule has 1 aromatic heterocycles. The van der Waals surface area contributed by atoms with Crippen LogP contribution in [0.2, 0.25) is 0 Å². The first-order chi connectivity index (χ1) is 15.6. The van der Waals surface area contributed by atoms with Crippen LogP contribution >= 0.6 is 0 Å². The lowest BCUT2D eigenvalue weighted by Crippen LogP contribution is -2.32. The summed E-state index contributed by atoms with van der Waals surface area (Å²) in [6, 6.07) is 19.0. The van der Waals surface area contributed by atoms with E-state index >= 15 is 0 Å². The predicted octanol–water partition coefficient (Wildman–Crippen LogP) is 4.66. The lowest BCUT2D eigenvalue weighted by Gasteiger charge is -2.29. The third-order valence-corrected chi connectivity index (χ3v) is 6.10. The molecule has 1 saturated heterocycles. The van der Waals surface area contributed by atoms with E-state index in [2.05, 4.69) is 77.6 Å². The van der Waals surface area contributed by atoms with Gasteiger partial charge < -0.3 is 14.5 Å². The first-order valence-corrected chi connectivity index (χ1v) is 11.3. The van der Waals surface area contributed by atoms with Crippen LogP contribution in [0.4, 0.5) is 0 Å². The highest BCUT2D eigenvalue weighted by Gasteiger charge is 2.22. The quantitative estimate of drug-likeness (QED) is 0.532. The molecule has 0 saturated carbocycles. The average Bonchev–Trinajstić information content (AvgIpc) is 3.51. The van der Waals surface area contributed by atoms with Crippen LogP contribution in [-0.2, 0) is 17.8 Å². The molecule has 0 unspecified atom stereocenters. The molecule has 6 heteroatoms. The zero-order valence-corrected chi connectivity index (χ0v) is 18.8. The standard InChI is InChI=1S/C26H31N3O3/c1-19-9-6-7-12-22(19)16-29(20(2)21-10-4-3-5-11-21)17-25-28-24(18-32-25)26(30)27-15-23-13-8-14-31-23/h3-7,9-12,18,20,23H,8,13-17H2,1-2H3,(H,27,30)/t20-,23-/m0/s1. The fourth-order valence-corrected chi connectivity index (χ4v) is 4.04. The third kappa shape index (κ3) is 5.64. The van der Waals surface area contributed by atoms with Crippen molar-refractivity contribution in [3.05, 3.63) is 89.1 Å². The maximum atomic E-state index is 12.5. The summed E-state index contributed by atoms with van der Waals surface area (Å²) in [6.45, 7) is 6.85. The molecule has 0 spiro atoms. The van der Waals surface area contributed by atoms with Crippen LogP contribution in [0.25, 0.3) is 0 Å². The molecule has 0 bridgehead atoms. The first kappa shape index (κ1) is 22.2. The van der Waals surface area contributed by atoms with Crippen molar-refractivity contribution in [2.75, 3.05) is 13.2 Å². The zero-order chi connectivity index (χ0) is 22.3. The SMILES string of the molecule is Cc1ccccc1CN(Cc1nc(C(=O)NC[C@@H]2CCCO2)co1)[C@@H](C)c1ccccc1. The summed E-state index contributed by atoms with van der Waals surface area (Å²) < 4.78 is 11.3. The molecule has 1 N–H and O–H groups in total. The maximum Gasteiger partial charge on any atom is 0.273 e. The molecule has 6 nitrogen and oxygen atoms in total. The second-order valence-electron chi connectivity index (χ2n) is 8.39. The second-order valence-corrected chi connectivity index (χ2v) is 8.39. The van der Waals surface area contributed by atoms with Crippen molar-refractivity contribution in [1.29, 1.82) is 0 Å². The number of hydrogen-bond donors (Lipinski definition) is 1. The fraction of sp³-hybridized carbons (Fsp3) is 0.385. The van der Waals surface area contributed by atoms with E-state index in [0.29, 0.717) is 24.7 Å². The number of aryl methyl sites for hydroxylation is 1. The Balaban J connectivity index is 1.47. The molecule has 2 heterocycles. The van der Waals surface area contributed by atoms with E-state index in [9.17, 15) is 4.79 Å². The summed E-state index contributed by atoms with van der Waals surface area (Å²) in [5, 5.41) is 2.90. The molecule has 168 valence electrons. The number of carbonyl (C=O) groups excluding carboxylic acids is 1. The number of benzene rings is 2. The van der Waals surface area contributed by atoms with Crippen molar-refractivity contribution in [3.8, 4) is 0 Å². The van der Waals surface area contributed by atoms with Crippen molar-refractivity contribution in [2.45, 2.75) is 51.9 Å². The van der Waals surface area contributed by atoms with Gasteiger partial charge in [-0.2, -0.15) is 0 Å². The molecule has 2 aromatic carbocycles. The number of aromatic nitrogens is 1. The topological polar surface area (TPSA) is 67.6 Å². The molecule has 0 radical (unpaired) electrons. The number of ether oxygens (including phenoxy) is 1. The minimum absolute atomic E-state index is 0.0987. The normalized spacial score (nSPS) is 16.9. The molecule has 4 rings (SSSR count). The van der Waals surface area contributed by atoms with Crippen molar-refractivity contribution in [3.63, 3.8) is 0 Å². The van der Waals surface area contributed by atoms with Gasteiger partial charge in [-0.1, -0.05) is 54.6 Å². The minimum Gasteiger partial charge on any atom is -0.447 e. The van der Waals surface area contributed by atoms with Gasteiger partial charge in [-0.05, 0) is 43.4 Å². The summed E-state index contributed by atoms with van der Waals surface area (Å²) >= 11 is 0. The number of hydrogen-bond acceptors (Lipinski definition) is 5. The molecular formula is C26H31N3O3. The van der Waals surface area contributed by atoms with Gasteiger partial charge in [0.15, 0.2) is 5.69 Å². The highest BCUT2D eigenvalue weighted by molar-refractivity contribution is 5.91. The fourth-order valence-electron chi connectivity index (χ4n) is 4.04. The number of nitrogens with one attached hydrogen (secondary N) is 1. The first-order valence-electron chi connectivity index (χ1n) is 11.3. The third-order valence-electron chi connectivity index (χ3n) is 6.10. The van der Waals surface area contributed by atoms with Crippen LogP contribution in [0.1, 0.15) is 58.9 Å². The average molecular weight is 434 g/mol. The zero-order valence-electron chi connectivity index (χ0n) is 18.8. The number of rotatable bonds is 9. The molecular weight excluding hydrogens is 402 g/mol. The van der Waals surface area contributed by atoms with Gasteiger partial charge in [-0.15, -0.1) is 0 Å². The van der Waals surface area contributed by atoms with Crippen LogP contribution in [0.15, 0.2) is 65.3 Å². The summed E-state index contributed by atoms with van der Waals surface area (Å²) in [6.07, 6.45) is 3.57. The summed E-state index contributed by atoms with van der Waals surface area (Å²) in [7, 11) is 0. The van der Waals surface area contributed by atoms with Gasteiger partial charge in [-0.3, -0.25) is 9.69 Å². The Hall–Kier alpha value is -2.96. The van der Waals surface area contributed by atoms with E-state index in [1.165, 1.54) is 23.0 Å². The van der Waals surface area contributed by atoms with Crippen molar-refractivity contribution >= 4 is 5.91 Å². The molecule has 32 heavy (non-hydrogen) atoms. The van der Waals surface area contributed by atoms with Crippen LogP contribution in [0.5, 0.6) is 0 Å². The molecule has 3 aromatic rings. The molecule has 1 aliphatic rings. The van der Waals surface area contributed by atoms with E-state index < -0.39 is 0 Å². The largest absolute Gasteiger partial charge is 0.447 e. The van der Waals surface area contributed by atoms with Crippen molar-refractivity contribution in [2.24, 2.45) is 0 Å². The molecule has 1 amide bonds. The Kier molecular flexibility index (Phi) is 7.35. The lowest BCUT2D eigenvalue weighted by atomic mass is 10.0. The van der Waals surface area contributed by atoms with Crippen LogP contribution in [0, 0.1) is 6.92 Å². The van der Waals surface area contributed by atoms with Gasteiger partial charge in [-0.25, -0.2) is 4.98 Å². The maximum absolute atomic E-state index is 12.5. The van der Waals surface area contributed by atoms with Gasteiger partial charge in [0.2, 0.25) is 5.89 Å². The number of nitrogens with zero attached hydrogens (tertiary/aromatic N) is 2. The number of amides is 1. The van der Waals surface area contributed by atoms with Crippen LogP contribution in [-0.4, -0.2) is 35.0 Å². The van der Waals surface area contributed by atoms with Crippen molar-refractivity contribution in [1.82, 2.24) is 15.2 Å². The lowest BCUT2D eigenvalue weighted by molar-refractivity contribution is 0.0853. The van der Waals surface area contributed by atoms with E-state index in [4.69, 9.17) is 9.15 Å². The van der Waals surface area contributed by atoms with Crippen LogP contribution in [0.3, 0.4) is 0 Å². The van der Waals surface area contributed by atoms with Gasteiger partial charge in [0.1, 0.15) is 6.26 Å².